The Morgan fingerprint density at radius 2 is 2.08 bits per heavy atom. The van der Waals surface area contributed by atoms with Gasteiger partial charge in [-0.05, 0) is 19.1 Å². The number of aromatic nitrogens is 1. The number of fused-ring (bicyclic) bond motifs is 1. The van der Waals surface area contributed by atoms with Gasteiger partial charge < -0.3 is 0 Å². The van der Waals surface area contributed by atoms with Gasteiger partial charge in [0, 0.05) is 17.8 Å². The molecule has 0 N–H and O–H groups in total. The van der Waals surface area contributed by atoms with Gasteiger partial charge in [0.2, 0.25) is 0 Å². The van der Waals surface area contributed by atoms with Gasteiger partial charge in [-0.25, -0.2) is 4.68 Å². The van der Waals surface area contributed by atoms with E-state index in [0.717, 1.165) is 5.52 Å². The molecule has 0 saturated heterocycles. The Kier molecular flexibility index (Phi) is 1.67. The SMILES string of the molecule is C/C=N/n1ccc2ccccc21. The Morgan fingerprint density at radius 3 is 2.92 bits per heavy atom. The Hall–Kier alpha value is -1.57. The van der Waals surface area contributed by atoms with Crippen LogP contribution < -0.4 is 0 Å². The Morgan fingerprint density at radius 1 is 1.25 bits per heavy atom. The highest BCUT2D eigenvalue weighted by atomic mass is 15.3. The van der Waals surface area contributed by atoms with Gasteiger partial charge in [-0.3, -0.25) is 0 Å². The molecule has 0 aliphatic carbocycles. The first-order chi connectivity index (χ1) is 5.92. The fourth-order valence-corrected chi connectivity index (χ4v) is 1.29. The quantitative estimate of drug-likeness (QED) is 0.567. The van der Waals surface area contributed by atoms with Crippen molar-refractivity contribution in [2.45, 2.75) is 6.92 Å². The lowest BCUT2D eigenvalue weighted by Crippen LogP contribution is -1.83. The molecule has 0 spiro atoms. The molecule has 0 atom stereocenters. The molecule has 1 aromatic heterocycles. The minimum Gasteiger partial charge on any atom is -0.241 e. The van der Waals surface area contributed by atoms with E-state index < -0.39 is 0 Å². The second-order valence-electron chi connectivity index (χ2n) is 2.59. The maximum absolute atomic E-state index is 4.19. The van der Waals surface area contributed by atoms with Gasteiger partial charge in [-0.1, -0.05) is 18.2 Å². The van der Waals surface area contributed by atoms with Crippen molar-refractivity contribution in [2.75, 3.05) is 0 Å². The molecule has 0 amide bonds. The molecular formula is C10H10N2. The predicted octanol–water partition coefficient (Wildman–Crippen LogP) is 2.50. The molecule has 2 rings (SSSR count). The van der Waals surface area contributed by atoms with E-state index in [9.17, 15) is 0 Å². The van der Waals surface area contributed by atoms with Gasteiger partial charge in [0.25, 0.3) is 0 Å². The minimum absolute atomic E-state index is 1.15. The summed E-state index contributed by atoms with van der Waals surface area (Å²) in [5.41, 5.74) is 1.15. The third-order valence-electron chi connectivity index (χ3n) is 1.82. The predicted molar refractivity (Wildman–Crippen MR) is 51.5 cm³/mol. The molecule has 2 heteroatoms. The highest BCUT2D eigenvalue weighted by Crippen LogP contribution is 2.14. The van der Waals surface area contributed by atoms with Crippen molar-refractivity contribution in [1.29, 1.82) is 0 Å². The van der Waals surface area contributed by atoms with Crippen molar-refractivity contribution in [3.8, 4) is 0 Å². The van der Waals surface area contributed by atoms with Crippen molar-refractivity contribution in [3.05, 3.63) is 36.5 Å². The van der Waals surface area contributed by atoms with Gasteiger partial charge in [-0.15, -0.1) is 0 Å². The number of para-hydroxylation sites is 1. The van der Waals surface area contributed by atoms with Crippen LogP contribution in [0, 0.1) is 0 Å². The van der Waals surface area contributed by atoms with Crippen molar-refractivity contribution >= 4 is 17.1 Å². The molecule has 1 heterocycles. The van der Waals surface area contributed by atoms with Crippen LogP contribution in [0.15, 0.2) is 41.6 Å². The summed E-state index contributed by atoms with van der Waals surface area (Å²) in [5, 5.41) is 5.41. The van der Waals surface area contributed by atoms with Crippen molar-refractivity contribution in [3.63, 3.8) is 0 Å². The molecule has 1 aromatic carbocycles. The maximum atomic E-state index is 4.19. The van der Waals surface area contributed by atoms with E-state index in [1.54, 1.807) is 6.21 Å². The summed E-state index contributed by atoms with van der Waals surface area (Å²) in [4.78, 5) is 0. The van der Waals surface area contributed by atoms with Crippen LogP contribution in [0.3, 0.4) is 0 Å². The summed E-state index contributed by atoms with van der Waals surface area (Å²) < 4.78 is 1.87. The lowest BCUT2D eigenvalue weighted by atomic mass is 10.3. The van der Waals surface area contributed by atoms with Crippen LogP contribution >= 0.6 is 0 Å². The molecule has 0 aliphatic heterocycles. The summed E-state index contributed by atoms with van der Waals surface area (Å²) in [6.07, 6.45) is 3.75. The van der Waals surface area contributed by atoms with Gasteiger partial charge in [-0.2, -0.15) is 5.10 Å². The third kappa shape index (κ3) is 1.01. The third-order valence-corrected chi connectivity index (χ3v) is 1.82. The summed E-state index contributed by atoms with van der Waals surface area (Å²) in [6, 6.07) is 10.2. The van der Waals surface area contributed by atoms with Crippen LogP contribution in [-0.4, -0.2) is 10.9 Å². The monoisotopic (exact) mass is 158 g/mol. The standard InChI is InChI=1S/C10H10N2/c1-2-11-12-8-7-9-5-3-4-6-10(9)12/h2-8H,1H3/b11-2+. The zero-order valence-corrected chi connectivity index (χ0v) is 6.94. The van der Waals surface area contributed by atoms with E-state index in [0.29, 0.717) is 0 Å². The summed E-state index contributed by atoms with van der Waals surface area (Å²) in [7, 11) is 0. The maximum Gasteiger partial charge on any atom is 0.0718 e. The lowest BCUT2D eigenvalue weighted by Gasteiger charge is -1.94. The second kappa shape index (κ2) is 2.81. The molecule has 0 saturated carbocycles. The Bertz CT molecular complexity index is 412. The summed E-state index contributed by atoms with van der Waals surface area (Å²) in [6.45, 7) is 1.91. The normalized spacial score (nSPS) is 11.4. The highest BCUT2D eigenvalue weighted by Gasteiger charge is 1.95. The van der Waals surface area contributed by atoms with Crippen LogP contribution in [0.2, 0.25) is 0 Å². The van der Waals surface area contributed by atoms with E-state index in [1.807, 2.05) is 29.9 Å². The highest BCUT2D eigenvalue weighted by molar-refractivity contribution is 5.80. The average Bonchev–Trinajstić information content (AvgIpc) is 2.50. The second-order valence-corrected chi connectivity index (χ2v) is 2.59. The van der Waals surface area contributed by atoms with Crippen molar-refractivity contribution in [2.24, 2.45) is 5.10 Å². The Labute approximate surface area is 71.1 Å². The molecule has 0 fully saturated rings. The molecule has 2 aromatic rings. The van der Waals surface area contributed by atoms with Crippen LogP contribution in [0.1, 0.15) is 6.92 Å². The molecule has 12 heavy (non-hydrogen) atoms. The van der Waals surface area contributed by atoms with Crippen LogP contribution in [0.5, 0.6) is 0 Å². The Balaban J connectivity index is 2.70. The molecule has 0 radical (unpaired) electrons. The number of benzene rings is 1. The first-order valence-corrected chi connectivity index (χ1v) is 3.97. The number of hydrogen-bond donors (Lipinski definition) is 0. The van der Waals surface area contributed by atoms with Gasteiger partial charge >= 0.3 is 0 Å². The van der Waals surface area contributed by atoms with Crippen LogP contribution in [0.25, 0.3) is 10.9 Å². The van der Waals surface area contributed by atoms with E-state index in [4.69, 9.17) is 0 Å². The van der Waals surface area contributed by atoms with Crippen LogP contribution in [0.4, 0.5) is 0 Å². The first-order valence-electron chi connectivity index (χ1n) is 3.97. The first kappa shape index (κ1) is 7.10. The van der Waals surface area contributed by atoms with Crippen molar-refractivity contribution < 1.29 is 0 Å². The van der Waals surface area contributed by atoms with E-state index in [-0.39, 0.29) is 0 Å². The summed E-state index contributed by atoms with van der Waals surface area (Å²) in [5.74, 6) is 0. The molecule has 0 unspecified atom stereocenters. The summed E-state index contributed by atoms with van der Waals surface area (Å²) >= 11 is 0. The fraction of sp³-hybridized carbons (Fsp3) is 0.100. The molecule has 2 nitrogen and oxygen atoms in total. The molecule has 60 valence electrons. The zero-order valence-electron chi connectivity index (χ0n) is 6.94. The average molecular weight is 158 g/mol. The molecule has 0 bridgehead atoms. The molecular weight excluding hydrogens is 148 g/mol. The topological polar surface area (TPSA) is 17.3 Å². The van der Waals surface area contributed by atoms with Gasteiger partial charge in [0.1, 0.15) is 0 Å². The minimum atomic E-state index is 1.15. The largest absolute Gasteiger partial charge is 0.241 e. The lowest BCUT2D eigenvalue weighted by molar-refractivity contribution is 0.932. The van der Waals surface area contributed by atoms with Crippen LogP contribution in [-0.2, 0) is 0 Å². The van der Waals surface area contributed by atoms with E-state index in [2.05, 4.69) is 23.3 Å². The number of rotatable bonds is 1. The van der Waals surface area contributed by atoms with Gasteiger partial charge in [0.05, 0.1) is 5.52 Å². The zero-order chi connectivity index (χ0) is 8.39. The number of hydrogen-bond acceptors (Lipinski definition) is 1. The number of nitrogens with zero attached hydrogens (tertiary/aromatic N) is 2. The van der Waals surface area contributed by atoms with Gasteiger partial charge in [0.15, 0.2) is 0 Å². The molecule has 0 aliphatic rings. The van der Waals surface area contributed by atoms with E-state index >= 15 is 0 Å². The smallest absolute Gasteiger partial charge is 0.0718 e. The van der Waals surface area contributed by atoms with E-state index in [1.165, 1.54) is 5.39 Å². The van der Waals surface area contributed by atoms with Crippen molar-refractivity contribution in [1.82, 2.24) is 4.68 Å². The fourth-order valence-electron chi connectivity index (χ4n) is 1.29.